The minimum Gasteiger partial charge on any atom is -0.127 e. The molecule has 0 aliphatic rings. The minimum atomic E-state index is 0.720. The van der Waals surface area contributed by atoms with E-state index in [0.717, 1.165) is 24.5 Å². The van der Waals surface area contributed by atoms with Gasteiger partial charge in [-0.25, -0.2) is 0 Å². The Morgan fingerprint density at radius 3 is 1.56 bits per heavy atom. The van der Waals surface area contributed by atoms with Crippen molar-refractivity contribution in [1.82, 2.24) is 0 Å². The summed E-state index contributed by atoms with van der Waals surface area (Å²) in [5.74, 6) is 1.78. The molecule has 0 saturated carbocycles. The first-order chi connectivity index (χ1) is 17.8. The predicted octanol–water partition coefficient (Wildman–Crippen LogP) is 10.5. The molecule has 0 aromatic heterocycles. The Morgan fingerprint density at radius 2 is 0.972 bits per heavy atom. The van der Waals surface area contributed by atoms with Crippen molar-refractivity contribution in [2.45, 2.75) is 17.7 Å². The number of thioether (sulfide) groups is 1. The fourth-order valence-electron chi connectivity index (χ4n) is 4.50. The molecule has 0 bridgehead atoms. The molecule has 5 rings (SSSR count). The van der Waals surface area contributed by atoms with Crippen LogP contribution in [0.15, 0.2) is 132 Å². The Hall–Kier alpha value is -3.26. The molecule has 0 saturated heterocycles. The summed E-state index contributed by atoms with van der Waals surface area (Å²) in [7, 11) is 0. The first-order valence-corrected chi connectivity index (χ1v) is 14.0. The van der Waals surface area contributed by atoms with Gasteiger partial charge in [0.2, 0.25) is 0 Å². The topological polar surface area (TPSA) is 0 Å². The van der Waals surface area contributed by atoms with Gasteiger partial charge in [-0.3, -0.25) is 0 Å². The van der Waals surface area contributed by atoms with Crippen LogP contribution in [0.3, 0.4) is 0 Å². The quantitative estimate of drug-likeness (QED) is 0.109. The molecule has 0 radical (unpaired) electrons. The normalized spacial score (nSPS) is 10.9. The molecule has 5 aromatic carbocycles. The highest BCUT2D eigenvalue weighted by molar-refractivity contribution is 7.99. The van der Waals surface area contributed by atoms with Crippen molar-refractivity contribution in [1.29, 1.82) is 0 Å². The van der Waals surface area contributed by atoms with E-state index < -0.39 is 0 Å². The molecule has 0 aliphatic heterocycles. The fourth-order valence-corrected chi connectivity index (χ4v) is 5.75. The summed E-state index contributed by atoms with van der Waals surface area (Å²) in [5, 5.41) is 0. The Kier molecular flexibility index (Phi) is 8.23. The third-order valence-corrected chi connectivity index (χ3v) is 7.80. The van der Waals surface area contributed by atoms with Crippen LogP contribution in [0.5, 0.6) is 0 Å². The maximum Gasteiger partial charge on any atom is 0.0223 e. The maximum absolute atomic E-state index is 5.95. The van der Waals surface area contributed by atoms with Gasteiger partial charge in [0, 0.05) is 10.8 Å². The first kappa shape index (κ1) is 24.4. The van der Waals surface area contributed by atoms with Crippen molar-refractivity contribution in [3.8, 4) is 44.5 Å². The van der Waals surface area contributed by atoms with E-state index >= 15 is 0 Å². The van der Waals surface area contributed by atoms with E-state index in [2.05, 4.69) is 127 Å². The molecule has 178 valence electrons. The van der Waals surface area contributed by atoms with Crippen LogP contribution >= 0.6 is 23.4 Å². The summed E-state index contributed by atoms with van der Waals surface area (Å²) in [6, 6.07) is 45.8. The number of hydrogen-bond acceptors (Lipinski definition) is 1. The van der Waals surface area contributed by atoms with Crippen molar-refractivity contribution in [2.24, 2.45) is 0 Å². The van der Waals surface area contributed by atoms with E-state index in [1.807, 2.05) is 11.8 Å². The lowest BCUT2D eigenvalue weighted by Crippen LogP contribution is -1.92. The lowest BCUT2D eigenvalue weighted by Gasteiger charge is -2.18. The van der Waals surface area contributed by atoms with E-state index in [1.54, 1.807) is 0 Å². The van der Waals surface area contributed by atoms with Crippen molar-refractivity contribution in [2.75, 3.05) is 11.6 Å². The summed E-state index contributed by atoms with van der Waals surface area (Å²) in [6.45, 7) is 0. The first-order valence-electron chi connectivity index (χ1n) is 12.5. The highest BCUT2D eigenvalue weighted by Gasteiger charge is 2.15. The van der Waals surface area contributed by atoms with E-state index in [1.165, 1.54) is 49.4 Å². The average molecular weight is 505 g/mol. The van der Waals surface area contributed by atoms with Gasteiger partial charge in [0.15, 0.2) is 0 Å². The van der Waals surface area contributed by atoms with Crippen LogP contribution in [0.4, 0.5) is 0 Å². The molecule has 0 N–H and O–H groups in total. The lowest BCUT2D eigenvalue weighted by atomic mass is 9.90. The minimum absolute atomic E-state index is 0.720. The maximum atomic E-state index is 5.95. The van der Waals surface area contributed by atoms with E-state index in [9.17, 15) is 0 Å². The van der Waals surface area contributed by atoms with Crippen molar-refractivity contribution in [3.63, 3.8) is 0 Å². The molecule has 0 spiro atoms. The third-order valence-electron chi connectivity index (χ3n) is 6.37. The predicted molar refractivity (Wildman–Crippen MR) is 159 cm³/mol. The number of unbranched alkanes of at least 4 members (excludes halogenated alkanes) is 1. The van der Waals surface area contributed by atoms with Gasteiger partial charge in [0.25, 0.3) is 0 Å². The number of alkyl halides is 1. The Labute approximate surface area is 224 Å². The molecule has 0 amide bonds. The van der Waals surface area contributed by atoms with E-state index in [4.69, 9.17) is 11.6 Å². The lowest BCUT2D eigenvalue weighted by molar-refractivity contribution is 0.903. The number of rotatable bonds is 9. The monoisotopic (exact) mass is 504 g/mol. The molecule has 5 aromatic rings. The van der Waals surface area contributed by atoms with E-state index in [-0.39, 0.29) is 0 Å². The second-order valence-corrected chi connectivity index (χ2v) is 10.3. The van der Waals surface area contributed by atoms with Crippen LogP contribution in [-0.4, -0.2) is 11.6 Å². The summed E-state index contributed by atoms with van der Waals surface area (Å²) < 4.78 is 0. The number of hydrogen-bond donors (Lipinski definition) is 0. The van der Waals surface area contributed by atoms with Crippen molar-refractivity contribution >= 4 is 23.4 Å². The zero-order valence-electron chi connectivity index (χ0n) is 20.2. The summed E-state index contributed by atoms with van der Waals surface area (Å²) in [4.78, 5) is 1.31. The second-order valence-electron chi connectivity index (χ2n) is 8.81. The van der Waals surface area contributed by atoms with Crippen LogP contribution in [0.25, 0.3) is 44.5 Å². The average Bonchev–Trinajstić information content (AvgIpc) is 2.96. The summed E-state index contributed by atoms with van der Waals surface area (Å²) in [5.41, 5.74) is 9.96. The van der Waals surface area contributed by atoms with Crippen LogP contribution in [-0.2, 0) is 0 Å². The Morgan fingerprint density at radius 1 is 0.444 bits per heavy atom. The molecule has 2 heteroatoms. The second kappa shape index (κ2) is 12.1. The van der Waals surface area contributed by atoms with Crippen molar-refractivity contribution < 1.29 is 0 Å². The van der Waals surface area contributed by atoms with Crippen molar-refractivity contribution in [3.05, 3.63) is 127 Å². The van der Waals surface area contributed by atoms with Crippen LogP contribution in [0.1, 0.15) is 12.8 Å². The molecular weight excluding hydrogens is 476 g/mol. The van der Waals surface area contributed by atoms with Gasteiger partial charge in [0.1, 0.15) is 0 Å². The molecule has 36 heavy (non-hydrogen) atoms. The van der Waals surface area contributed by atoms with Crippen LogP contribution < -0.4 is 0 Å². The molecule has 0 unspecified atom stereocenters. The van der Waals surface area contributed by atoms with Gasteiger partial charge in [-0.2, -0.15) is 0 Å². The zero-order valence-corrected chi connectivity index (χ0v) is 21.8. The molecule has 0 nitrogen and oxygen atoms in total. The molecule has 0 fully saturated rings. The summed E-state index contributed by atoms with van der Waals surface area (Å²) >= 11 is 7.89. The van der Waals surface area contributed by atoms with Gasteiger partial charge >= 0.3 is 0 Å². The van der Waals surface area contributed by atoms with Gasteiger partial charge in [0.05, 0.1) is 0 Å². The van der Waals surface area contributed by atoms with Gasteiger partial charge in [-0.05, 0) is 81.3 Å². The summed E-state index contributed by atoms with van der Waals surface area (Å²) in [6.07, 6.45) is 2.16. The highest BCUT2D eigenvalue weighted by atomic mass is 35.5. The zero-order chi connectivity index (χ0) is 24.6. The van der Waals surface area contributed by atoms with Crippen LogP contribution in [0, 0.1) is 0 Å². The van der Waals surface area contributed by atoms with Gasteiger partial charge in [-0.1, -0.05) is 109 Å². The van der Waals surface area contributed by atoms with E-state index in [0.29, 0.717) is 0 Å². The van der Waals surface area contributed by atoms with Crippen LogP contribution in [0.2, 0.25) is 0 Å². The largest absolute Gasteiger partial charge is 0.127 e. The third kappa shape index (κ3) is 5.75. The highest BCUT2D eigenvalue weighted by Crippen LogP contribution is 2.42. The van der Waals surface area contributed by atoms with Gasteiger partial charge in [-0.15, -0.1) is 23.4 Å². The Bertz CT molecular complexity index is 1400. The molecular formula is C34H29ClS. The SMILES string of the molecule is ClCCCCSc1ccc(-c2ccccc2)cc1-c1cc(-c2ccccc2)ccc1-c1ccccc1. The smallest absolute Gasteiger partial charge is 0.0223 e. The molecule has 0 atom stereocenters. The number of halogens is 1. The molecule has 0 heterocycles. The Balaban J connectivity index is 1.69. The number of benzene rings is 5. The molecule has 0 aliphatic carbocycles. The van der Waals surface area contributed by atoms with Gasteiger partial charge < -0.3 is 0 Å². The standard InChI is InChI=1S/C34H29ClS/c35-22-10-11-23-36-34-21-19-30(27-14-6-2-7-15-27)25-33(34)32-24-29(26-12-4-1-5-13-26)18-20-31(32)28-16-8-3-9-17-28/h1-9,12-21,24-25H,10-11,22-23H2. The fraction of sp³-hybridized carbons (Fsp3) is 0.118.